The number of anilines is 1. The van der Waals surface area contributed by atoms with Gasteiger partial charge < -0.3 is 10.6 Å². The van der Waals surface area contributed by atoms with Crippen LogP contribution in [-0.2, 0) is 11.2 Å². The molecule has 4 nitrogen and oxygen atoms in total. The molecule has 1 amide bonds. The molecule has 1 heterocycles. The molecule has 5 heteroatoms. The Bertz CT molecular complexity index is 652. The number of nitrogens with zero attached hydrogens (tertiary/aromatic N) is 1. The molecule has 1 aromatic heterocycles. The van der Waals surface area contributed by atoms with Gasteiger partial charge in [0.25, 0.3) is 0 Å². The van der Waals surface area contributed by atoms with Crippen molar-refractivity contribution in [2.24, 2.45) is 0 Å². The van der Waals surface area contributed by atoms with E-state index in [1.54, 1.807) is 0 Å². The summed E-state index contributed by atoms with van der Waals surface area (Å²) in [6, 6.07) is 8.32. The highest BCUT2D eigenvalue weighted by Crippen LogP contribution is 2.35. The largest absolute Gasteiger partial charge is 0.309 e. The average Bonchev–Trinajstić information content (AvgIpc) is 2.89. The number of carbonyl (C=O) groups excluding carboxylic acids is 1. The van der Waals surface area contributed by atoms with Crippen LogP contribution in [0, 0.1) is 0 Å². The summed E-state index contributed by atoms with van der Waals surface area (Å²) in [6.07, 6.45) is 0.827. The lowest BCUT2D eigenvalue weighted by molar-refractivity contribution is -0.118. The van der Waals surface area contributed by atoms with E-state index in [4.69, 9.17) is 0 Å². The van der Waals surface area contributed by atoms with Gasteiger partial charge in [-0.25, -0.2) is 4.98 Å². The number of carbonyl (C=O) groups is 1. The second kappa shape index (κ2) is 5.95. The topological polar surface area (TPSA) is 54.0 Å². The maximum Gasteiger partial charge on any atom is 0.234 e. The quantitative estimate of drug-likeness (QED) is 0.892. The number of aromatic nitrogens is 1. The van der Waals surface area contributed by atoms with Gasteiger partial charge in [-0.1, -0.05) is 31.2 Å². The van der Waals surface area contributed by atoms with Crippen molar-refractivity contribution in [3.8, 4) is 0 Å². The Morgan fingerprint density at radius 1 is 1.48 bits per heavy atom. The standard InChI is InChI=1S/C16H19N3OS/c1-3-17-10(2)14-9-21-16(18-14)19-15(20)13-8-11-6-4-5-7-12(11)13/h4-7,9-10,13,17H,3,8H2,1-2H3,(H,18,19,20). The van der Waals surface area contributed by atoms with E-state index < -0.39 is 0 Å². The third-order valence-electron chi connectivity index (χ3n) is 3.88. The van der Waals surface area contributed by atoms with Gasteiger partial charge in [-0.05, 0) is 31.0 Å². The lowest BCUT2D eigenvalue weighted by Gasteiger charge is -2.28. The van der Waals surface area contributed by atoms with Gasteiger partial charge >= 0.3 is 0 Å². The second-order valence-electron chi connectivity index (χ2n) is 5.30. The Balaban J connectivity index is 1.64. The minimum absolute atomic E-state index is 0.0280. The minimum Gasteiger partial charge on any atom is -0.309 e. The highest BCUT2D eigenvalue weighted by atomic mass is 32.1. The van der Waals surface area contributed by atoms with Crippen molar-refractivity contribution >= 4 is 22.4 Å². The number of fused-ring (bicyclic) bond motifs is 1. The van der Waals surface area contributed by atoms with E-state index >= 15 is 0 Å². The molecule has 1 aromatic carbocycles. The van der Waals surface area contributed by atoms with E-state index in [0.29, 0.717) is 5.13 Å². The monoisotopic (exact) mass is 301 g/mol. The van der Waals surface area contributed by atoms with Gasteiger partial charge in [-0.3, -0.25) is 4.79 Å². The molecule has 2 unspecified atom stereocenters. The van der Waals surface area contributed by atoms with Gasteiger partial charge in [0.15, 0.2) is 5.13 Å². The maximum absolute atomic E-state index is 12.3. The third kappa shape index (κ3) is 2.84. The van der Waals surface area contributed by atoms with Crippen LogP contribution >= 0.6 is 11.3 Å². The van der Waals surface area contributed by atoms with Crippen LogP contribution in [0.25, 0.3) is 0 Å². The molecule has 0 aliphatic heterocycles. The zero-order chi connectivity index (χ0) is 14.8. The van der Waals surface area contributed by atoms with E-state index in [1.165, 1.54) is 16.9 Å². The summed E-state index contributed by atoms with van der Waals surface area (Å²) in [7, 11) is 0. The van der Waals surface area contributed by atoms with Crippen molar-refractivity contribution in [3.05, 3.63) is 46.5 Å². The number of amides is 1. The normalized spacial score (nSPS) is 17.7. The molecule has 2 atom stereocenters. The first kappa shape index (κ1) is 14.2. The molecule has 0 saturated carbocycles. The Morgan fingerprint density at radius 2 is 2.29 bits per heavy atom. The third-order valence-corrected chi connectivity index (χ3v) is 4.65. The summed E-state index contributed by atoms with van der Waals surface area (Å²) in [4.78, 5) is 16.8. The second-order valence-corrected chi connectivity index (χ2v) is 6.16. The van der Waals surface area contributed by atoms with Crippen LogP contribution in [-0.4, -0.2) is 17.4 Å². The molecule has 1 aliphatic carbocycles. The van der Waals surface area contributed by atoms with Crippen LogP contribution in [0.15, 0.2) is 29.6 Å². The number of benzene rings is 1. The lowest BCUT2D eigenvalue weighted by atomic mass is 9.77. The molecule has 2 N–H and O–H groups in total. The molecule has 0 fully saturated rings. The molecule has 0 radical (unpaired) electrons. The van der Waals surface area contributed by atoms with E-state index in [2.05, 4.69) is 35.5 Å². The molecule has 110 valence electrons. The summed E-state index contributed by atoms with van der Waals surface area (Å²) < 4.78 is 0. The number of hydrogen-bond donors (Lipinski definition) is 2. The molecule has 2 aromatic rings. The van der Waals surface area contributed by atoms with Crippen LogP contribution in [0.1, 0.15) is 42.6 Å². The van der Waals surface area contributed by atoms with Crippen molar-refractivity contribution in [3.63, 3.8) is 0 Å². The number of hydrogen-bond acceptors (Lipinski definition) is 4. The predicted octanol–water partition coefficient (Wildman–Crippen LogP) is 3.09. The van der Waals surface area contributed by atoms with Crippen molar-refractivity contribution in [2.45, 2.75) is 32.2 Å². The fourth-order valence-electron chi connectivity index (χ4n) is 2.64. The van der Waals surface area contributed by atoms with Gasteiger partial charge in [0, 0.05) is 11.4 Å². The van der Waals surface area contributed by atoms with Gasteiger partial charge in [-0.15, -0.1) is 11.3 Å². The zero-order valence-electron chi connectivity index (χ0n) is 12.2. The lowest BCUT2D eigenvalue weighted by Crippen LogP contribution is -2.30. The van der Waals surface area contributed by atoms with Gasteiger partial charge in [0.1, 0.15) is 0 Å². The molecule has 21 heavy (non-hydrogen) atoms. The molecule has 0 saturated heterocycles. The molecule has 0 spiro atoms. The first-order valence-electron chi connectivity index (χ1n) is 7.26. The highest BCUT2D eigenvalue weighted by molar-refractivity contribution is 7.13. The Morgan fingerprint density at radius 3 is 3.05 bits per heavy atom. The fraction of sp³-hybridized carbons (Fsp3) is 0.375. The van der Waals surface area contributed by atoms with Crippen LogP contribution in [0.2, 0.25) is 0 Å². The summed E-state index contributed by atoms with van der Waals surface area (Å²) in [5.74, 6) is 0.0189. The molecule has 1 aliphatic rings. The smallest absolute Gasteiger partial charge is 0.234 e. The highest BCUT2D eigenvalue weighted by Gasteiger charge is 2.32. The summed E-state index contributed by atoms with van der Waals surface area (Å²) in [6.45, 7) is 5.05. The number of nitrogens with one attached hydrogen (secondary N) is 2. The SMILES string of the molecule is CCNC(C)c1csc(NC(=O)C2Cc3ccccc32)n1. The molecule has 0 bridgehead atoms. The van der Waals surface area contributed by atoms with Crippen molar-refractivity contribution in [1.82, 2.24) is 10.3 Å². The van der Waals surface area contributed by atoms with E-state index in [-0.39, 0.29) is 17.9 Å². The van der Waals surface area contributed by atoms with Crippen LogP contribution in [0.5, 0.6) is 0 Å². The minimum atomic E-state index is -0.0280. The van der Waals surface area contributed by atoms with Gasteiger partial charge in [0.05, 0.1) is 11.6 Å². The average molecular weight is 301 g/mol. The van der Waals surface area contributed by atoms with Crippen LogP contribution in [0.4, 0.5) is 5.13 Å². The Kier molecular flexibility index (Phi) is 4.03. The number of rotatable bonds is 5. The molecule has 3 rings (SSSR count). The number of thiazole rings is 1. The first-order valence-corrected chi connectivity index (χ1v) is 8.14. The molecular weight excluding hydrogens is 282 g/mol. The fourth-order valence-corrected chi connectivity index (χ4v) is 3.45. The molecular formula is C16H19N3OS. The van der Waals surface area contributed by atoms with Gasteiger partial charge in [0.2, 0.25) is 5.91 Å². The van der Waals surface area contributed by atoms with E-state index in [9.17, 15) is 4.79 Å². The Hall–Kier alpha value is -1.72. The first-order chi connectivity index (χ1) is 10.2. The van der Waals surface area contributed by atoms with Crippen molar-refractivity contribution < 1.29 is 4.79 Å². The van der Waals surface area contributed by atoms with Crippen molar-refractivity contribution in [1.29, 1.82) is 0 Å². The van der Waals surface area contributed by atoms with Crippen molar-refractivity contribution in [2.75, 3.05) is 11.9 Å². The summed E-state index contributed by atoms with van der Waals surface area (Å²) >= 11 is 1.48. The van der Waals surface area contributed by atoms with E-state index in [1.807, 2.05) is 23.6 Å². The Labute approximate surface area is 128 Å². The predicted molar refractivity (Wildman–Crippen MR) is 85.7 cm³/mol. The van der Waals surface area contributed by atoms with Crippen LogP contribution < -0.4 is 10.6 Å². The summed E-state index contributed by atoms with van der Waals surface area (Å²) in [5.41, 5.74) is 3.40. The van der Waals surface area contributed by atoms with Gasteiger partial charge in [-0.2, -0.15) is 0 Å². The summed E-state index contributed by atoms with van der Waals surface area (Å²) in [5, 5.41) is 8.94. The van der Waals surface area contributed by atoms with Crippen LogP contribution in [0.3, 0.4) is 0 Å². The van der Waals surface area contributed by atoms with E-state index in [0.717, 1.165) is 24.2 Å². The zero-order valence-corrected chi connectivity index (χ0v) is 13.0. The maximum atomic E-state index is 12.3.